The zero-order valence-electron chi connectivity index (χ0n) is 10.2. The molecule has 8 aliphatic rings. The van der Waals surface area contributed by atoms with E-state index in [0.29, 0.717) is 0 Å². The summed E-state index contributed by atoms with van der Waals surface area (Å²) in [6.07, 6.45) is 19.6. The van der Waals surface area contributed by atoms with E-state index in [2.05, 4.69) is 48.6 Å². The van der Waals surface area contributed by atoms with Gasteiger partial charge in [0.1, 0.15) is 0 Å². The Morgan fingerprint density at radius 3 is 0.833 bits per heavy atom. The smallest absolute Gasteiger partial charge is 0.00188 e. The van der Waals surface area contributed by atoms with E-state index < -0.39 is 0 Å². The first kappa shape index (κ1) is 8.74. The van der Waals surface area contributed by atoms with Crippen molar-refractivity contribution in [3.8, 4) is 0 Å². The molecule has 2 saturated carbocycles. The molecule has 4 atom stereocenters. The van der Waals surface area contributed by atoms with Gasteiger partial charge in [0.05, 0.1) is 0 Å². The fourth-order valence-corrected chi connectivity index (χ4v) is 5.41. The Hall–Kier alpha value is -1.30. The maximum atomic E-state index is 2.45. The van der Waals surface area contributed by atoms with Gasteiger partial charge < -0.3 is 0 Å². The van der Waals surface area contributed by atoms with E-state index in [1.165, 1.54) is 0 Å². The molecular weight excluding hydrogens is 216 g/mol. The molecule has 0 aromatic rings. The second kappa shape index (κ2) is 2.52. The third-order valence-electron chi connectivity index (χ3n) is 6.21. The van der Waals surface area contributed by atoms with Crippen LogP contribution in [0.15, 0.2) is 59.8 Å². The molecule has 0 amide bonds. The normalized spacial score (nSPS) is 59.1. The van der Waals surface area contributed by atoms with Gasteiger partial charge in [-0.2, -0.15) is 0 Å². The van der Waals surface area contributed by atoms with E-state index in [1.807, 2.05) is 11.1 Å². The van der Waals surface area contributed by atoms with Gasteiger partial charge >= 0.3 is 0 Å². The summed E-state index contributed by atoms with van der Waals surface area (Å²) < 4.78 is 0. The maximum absolute atomic E-state index is 2.45. The lowest BCUT2D eigenvalue weighted by atomic mass is 9.82. The second-order valence-electron chi connectivity index (χ2n) is 6.86. The number of rotatable bonds is 0. The molecule has 0 spiro atoms. The van der Waals surface area contributed by atoms with E-state index in [9.17, 15) is 0 Å². The first-order valence-electron chi connectivity index (χ1n) is 7.40. The summed E-state index contributed by atoms with van der Waals surface area (Å²) in [5, 5.41) is 0. The molecule has 4 bridgehead atoms. The van der Waals surface area contributed by atoms with Crippen molar-refractivity contribution in [1.29, 1.82) is 0 Å². The van der Waals surface area contributed by atoms with Crippen LogP contribution < -0.4 is 0 Å². The minimum Gasteiger partial charge on any atom is -0.0804 e. The highest BCUT2D eigenvalue weighted by Crippen LogP contribution is 2.71. The molecule has 4 unspecified atom stereocenters. The van der Waals surface area contributed by atoms with Gasteiger partial charge in [-0.1, -0.05) is 59.8 Å². The third-order valence-corrected chi connectivity index (χ3v) is 6.21. The van der Waals surface area contributed by atoms with Gasteiger partial charge in [-0.05, 0) is 23.7 Å². The lowest BCUT2D eigenvalue weighted by molar-refractivity contribution is 0.499. The van der Waals surface area contributed by atoms with Crippen molar-refractivity contribution in [1.82, 2.24) is 0 Å². The van der Waals surface area contributed by atoms with Crippen LogP contribution in [0.5, 0.6) is 0 Å². The molecule has 0 N–H and O–H groups in total. The Kier molecular flexibility index (Phi) is 1.22. The van der Waals surface area contributed by atoms with Gasteiger partial charge in [-0.15, -0.1) is 0 Å². The summed E-state index contributed by atoms with van der Waals surface area (Å²) in [5.74, 6) is 6.59. The van der Waals surface area contributed by atoms with Crippen molar-refractivity contribution < 1.29 is 0 Å². The summed E-state index contributed by atoms with van der Waals surface area (Å²) in [6.45, 7) is 0. The van der Waals surface area contributed by atoms with Crippen molar-refractivity contribution in [2.24, 2.45) is 47.3 Å². The molecule has 0 aromatic carbocycles. The SMILES string of the molecule is C1=CC2C=CC1C1C(=C3C4C5C=CC(C=C5)C34)C21. The zero-order valence-corrected chi connectivity index (χ0v) is 10.2. The van der Waals surface area contributed by atoms with Gasteiger partial charge in [-0.3, -0.25) is 0 Å². The topological polar surface area (TPSA) is 0 Å². The van der Waals surface area contributed by atoms with Crippen LogP contribution >= 0.6 is 0 Å². The van der Waals surface area contributed by atoms with Gasteiger partial charge in [0.15, 0.2) is 0 Å². The van der Waals surface area contributed by atoms with Crippen LogP contribution in [0.4, 0.5) is 0 Å². The number of hydrogen-bond acceptors (Lipinski definition) is 0. The molecule has 0 heteroatoms. The number of allylic oxidation sites excluding steroid dienone is 10. The average Bonchev–Trinajstić information content (AvgIpc) is 3.32. The molecule has 0 heterocycles. The highest BCUT2D eigenvalue weighted by molar-refractivity contribution is 5.56. The van der Waals surface area contributed by atoms with E-state index in [4.69, 9.17) is 0 Å². The predicted molar refractivity (Wildman–Crippen MR) is 71.5 cm³/mol. The highest BCUT2D eigenvalue weighted by atomic mass is 14.7. The first-order valence-corrected chi connectivity index (χ1v) is 7.40. The Morgan fingerprint density at radius 1 is 0.389 bits per heavy atom. The summed E-state index contributed by atoms with van der Waals surface area (Å²) in [4.78, 5) is 0. The minimum atomic E-state index is 0.740. The van der Waals surface area contributed by atoms with Gasteiger partial charge in [-0.25, -0.2) is 0 Å². The predicted octanol–water partition coefficient (Wildman–Crippen LogP) is 3.52. The standard InChI is InChI=1S/C18H16/c1-2-10-4-3-9(1)13-14(10)17(13)18-15-11-5-6-12(8-7-11)16(15)18/h1-16H. The summed E-state index contributed by atoms with van der Waals surface area (Å²) >= 11 is 0. The second-order valence-corrected chi connectivity index (χ2v) is 6.86. The van der Waals surface area contributed by atoms with Crippen molar-refractivity contribution in [3.05, 3.63) is 59.8 Å². The highest BCUT2D eigenvalue weighted by Gasteiger charge is 2.64. The van der Waals surface area contributed by atoms with Crippen LogP contribution in [0.3, 0.4) is 0 Å². The molecule has 0 saturated heterocycles. The van der Waals surface area contributed by atoms with Gasteiger partial charge in [0.25, 0.3) is 0 Å². The fraction of sp³-hybridized carbons (Fsp3) is 0.444. The quantitative estimate of drug-likeness (QED) is 0.561. The van der Waals surface area contributed by atoms with Crippen LogP contribution in [0.25, 0.3) is 0 Å². The summed E-state index contributed by atoms with van der Waals surface area (Å²) in [6, 6.07) is 0. The molecule has 2 fully saturated rings. The van der Waals surface area contributed by atoms with E-state index in [-0.39, 0.29) is 0 Å². The monoisotopic (exact) mass is 232 g/mol. The van der Waals surface area contributed by atoms with Crippen LogP contribution in [0.2, 0.25) is 0 Å². The third kappa shape index (κ3) is 0.801. The Balaban J connectivity index is 1.45. The Morgan fingerprint density at radius 2 is 0.611 bits per heavy atom. The zero-order chi connectivity index (χ0) is 11.4. The summed E-state index contributed by atoms with van der Waals surface area (Å²) in [7, 11) is 0. The molecule has 8 rings (SSSR count). The molecule has 0 nitrogen and oxygen atoms in total. The molecule has 88 valence electrons. The van der Waals surface area contributed by atoms with Crippen molar-refractivity contribution in [2.75, 3.05) is 0 Å². The van der Waals surface area contributed by atoms with Crippen molar-refractivity contribution in [2.45, 2.75) is 0 Å². The van der Waals surface area contributed by atoms with E-state index in [1.54, 1.807) is 0 Å². The average molecular weight is 232 g/mol. The fourth-order valence-electron chi connectivity index (χ4n) is 5.41. The van der Waals surface area contributed by atoms with Crippen LogP contribution in [-0.4, -0.2) is 0 Å². The maximum Gasteiger partial charge on any atom is 0.00188 e. The van der Waals surface area contributed by atoms with E-state index in [0.717, 1.165) is 47.3 Å². The van der Waals surface area contributed by atoms with Crippen molar-refractivity contribution in [3.63, 3.8) is 0 Å². The molecule has 0 radical (unpaired) electrons. The van der Waals surface area contributed by atoms with Crippen LogP contribution in [-0.2, 0) is 0 Å². The minimum absolute atomic E-state index is 0.740. The van der Waals surface area contributed by atoms with E-state index >= 15 is 0 Å². The van der Waals surface area contributed by atoms with Gasteiger partial charge in [0.2, 0.25) is 0 Å². The Labute approximate surface area is 107 Å². The van der Waals surface area contributed by atoms with Crippen LogP contribution in [0.1, 0.15) is 0 Å². The Bertz CT molecular complexity index is 482. The van der Waals surface area contributed by atoms with Crippen molar-refractivity contribution >= 4 is 0 Å². The molecule has 0 aromatic heterocycles. The molecule has 0 aliphatic heterocycles. The summed E-state index contributed by atoms with van der Waals surface area (Å²) in [5.41, 5.74) is 3.77. The molecular formula is C18H16. The van der Waals surface area contributed by atoms with Crippen LogP contribution in [0, 0.1) is 47.3 Å². The lowest BCUT2D eigenvalue weighted by Crippen LogP contribution is -2.14. The molecule has 8 aliphatic carbocycles. The number of hydrogen-bond donors (Lipinski definition) is 0. The first-order chi connectivity index (χ1) is 8.93. The largest absolute Gasteiger partial charge is 0.0804 e. The van der Waals surface area contributed by atoms with Gasteiger partial charge in [0, 0.05) is 23.7 Å². The molecule has 18 heavy (non-hydrogen) atoms. The lowest BCUT2D eigenvalue weighted by Gasteiger charge is -2.22.